The molecule has 1 aliphatic rings. The third-order valence-electron chi connectivity index (χ3n) is 5.18. The molecule has 26 heavy (non-hydrogen) atoms. The van der Waals surface area contributed by atoms with Crippen molar-refractivity contribution in [3.05, 3.63) is 48.3 Å². The lowest BCUT2D eigenvalue weighted by Crippen LogP contribution is -2.52. The van der Waals surface area contributed by atoms with E-state index >= 15 is 0 Å². The Labute approximate surface area is 159 Å². The van der Waals surface area contributed by atoms with Crippen molar-refractivity contribution in [3.63, 3.8) is 0 Å². The van der Waals surface area contributed by atoms with Gasteiger partial charge in [0.15, 0.2) is 5.11 Å². The molecule has 138 valence electrons. The highest BCUT2D eigenvalue weighted by Crippen LogP contribution is 2.29. The standard InChI is InChI=1S/C19H25N5OS/c1-13-7-6-10-17(14(13)2)21-19(26)23-22-18(25)15-11-20-24(12-15)16-8-4-3-5-9-16/h3-5,8-9,11-14,17H,6-7,10H2,1-2H3,(H,22,25)(H2,21,23,26)/t13-,14+,17+/m0/s1. The van der Waals surface area contributed by atoms with Gasteiger partial charge in [-0.3, -0.25) is 15.6 Å². The van der Waals surface area contributed by atoms with Gasteiger partial charge in [0.25, 0.3) is 5.91 Å². The molecule has 6 nitrogen and oxygen atoms in total. The molecule has 0 aliphatic heterocycles. The molecule has 2 aromatic rings. The van der Waals surface area contributed by atoms with Gasteiger partial charge in [-0.25, -0.2) is 4.68 Å². The minimum atomic E-state index is -0.276. The highest BCUT2D eigenvalue weighted by molar-refractivity contribution is 7.80. The van der Waals surface area contributed by atoms with Crippen molar-refractivity contribution in [2.75, 3.05) is 0 Å². The molecule has 0 bridgehead atoms. The Bertz CT molecular complexity index is 760. The highest BCUT2D eigenvalue weighted by Gasteiger charge is 2.27. The fraction of sp³-hybridized carbons (Fsp3) is 0.421. The second-order valence-electron chi connectivity index (χ2n) is 6.94. The summed E-state index contributed by atoms with van der Waals surface area (Å²) in [4.78, 5) is 12.3. The molecule has 0 unspecified atom stereocenters. The largest absolute Gasteiger partial charge is 0.358 e. The number of hydrazine groups is 1. The van der Waals surface area contributed by atoms with E-state index in [9.17, 15) is 4.79 Å². The molecule has 3 N–H and O–H groups in total. The van der Waals surface area contributed by atoms with Gasteiger partial charge in [0.1, 0.15) is 0 Å². The van der Waals surface area contributed by atoms with Gasteiger partial charge in [-0.05, 0) is 42.6 Å². The zero-order chi connectivity index (χ0) is 18.5. The molecule has 7 heteroatoms. The first-order valence-electron chi connectivity index (χ1n) is 9.01. The smallest absolute Gasteiger partial charge is 0.272 e. The van der Waals surface area contributed by atoms with E-state index in [4.69, 9.17) is 12.2 Å². The first-order chi connectivity index (χ1) is 12.5. The molecule has 1 heterocycles. The maximum Gasteiger partial charge on any atom is 0.272 e. The number of rotatable bonds is 3. The summed E-state index contributed by atoms with van der Waals surface area (Å²) in [6, 6.07) is 9.99. The minimum absolute atomic E-state index is 0.276. The minimum Gasteiger partial charge on any atom is -0.358 e. The van der Waals surface area contributed by atoms with Gasteiger partial charge in [0.05, 0.1) is 17.4 Å². The van der Waals surface area contributed by atoms with Crippen LogP contribution in [0.5, 0.6) is 0 Å². The predicted molar refractivity (Wildman–Crippen MR) is 106 cm³/mol. The quantitative estimate of drug-likeness (QED) is 0.572. The molecule has 1 aliphatic carbocycles. The molecule has 1 aromatic carbocycles. The summed E-state index contributed by atoms with van der Waals surface area (Å²) in [6.45, 7) is 4.53. The molecule has 3 atom stereocenters. The second kappa shape index (κ2) is 8.31. The number of amides is 1. The van der Waals surface area contributed by atoms with Crippen LogP contribution in [-0.4, -0.2) is 26.8 Å². The van der Waals surface area contributed by atoms with Crippen LogP contribution in [0.15, 0.2) is 42.7 Å². The van der Waals surface area contributed by atoms with E-state index in [0.29, 0.717) is 28.6 Å². The van der Waals surface area contributed by atoms with Gasteiger partial charge in [0.2, 0.25) is 0 Å². The van der Waals surface area contributed by atoms with Gasteiger partial charge >= 0.3 is 0 Å². The summed E-state index contributed by atoms with van der Waals surface area (Å²) < 4.78 is 1.66. The molecule has 1 aromatic heterocycles. The maximum absolute atomic E-state index is 12.3. The molecule has 1 saturated carbocycles. The molecular formula is C19H25N5OS. The lowest BCUT2D eigenvalue weighted by Gasteiger charge is -2.35. The van der Waals surface area contributed by atoms with Crippen LogP contribution >= 0.6 is 12.2 Å². The Morgan fingerprint density at radius 1 is 1.19 bits per heavy atom. The number of benzene rings is 1. The first-order valence-corrected chi connectivity index (χ1v) is 9.42. The predicted octanol–water partition coefficient (Wildman–Crippen LogP) is 2.81. The number of nitrogens with zero attached hydrogens (tertiary/aromatic N) is 2. The second-order valence-corrected chi connectivity index (χ2v) is 7.34. The molecule has 1 amide bonds. The van der Waals surface area contributed by atoms with Crippen molar-refractivity contribution in [1.29, 1.82) is 0 Å². The normalized spacial score (nSPS) is 22.5. The fourth-order valence-electron chi connectivity index (χ4n) is 3.34. The Balaban J connectivity index is 1.51. The maximum atomic E-state index is 12.3. The molecule has 3 rings (SSSR count). The first kappa shape index (κ1) is 18.4. The molecular weight excluding hydrogens is 346 g/mol. The Hall–Kier alpha value is -2.41. The van der Waals surface area contributed by atoms with Crippen LogP contribution in [0.25, 0.3) is 5.69 Å². The number of nitrogens with one attached hydrogen (secondary N) is 3. The SMILES string of the molecule is C[C@@H]1[C@@H](C)CCC[C@H]1NC(=S)NNC(=O)c1cnn(-c2ccccc2)c1. The van der Waals surface area contributed by atoms with E-state index in [0.717, 1.165) is 12.1 Å². The molecule has 0 spiro atoms. The van der Waals surface area contributed by atoms with E-state index in [2.05, 4.69) is 35.1 Å². The van der Waals surface area contributed by atoms with E-state index < -0.39 is 0 Å². The van der Waals surface area contributed by atoms with Gasteiger partial charge in [-0.1, -0.05) is 44.9 Å². The van der Waals surface area contributed by atoms with Crippen LogP contribution in [0, 0.1) is 11.8 Å². The number of thiocarbonyl (C=S) groups is 1. The summed E-state index contributed by atoms with van der Waals surface area (Å²) in [5, 5.41) is 7.99. The fourth-order valence-corrected chi connectivity index (χ4v) is 3.54. The van der Waals surface area contributed by atoms with Gasteiger partial charge in [0, 0.05) is 12.2 Å². The third kappa shape index (κ3) is 4.40. The van der Waals surface area contributed by atoms with E-state index in [-0.39, 0.29) is 5.91 Å². The number of hydrogen-bond acceptors (Lipinski definition) is 3. The average Bonchev–Trinajstić information content (AvgIpc) is 3.14. The molecule has 1 fully saturated rings. The zero-order valence-electron chi connectivity index (χ0n) is 15.1. The number of aromatic nitrogens is 2. The van der Waals surface area contributed by atoms with Gasteiger partial charge in [-0.15, -0.1) is 0 Å². The van der Waals surface area contributed by atoms with Crippen LogP contribution < -0.4 is 16.2 Å². The van der Waals surface area contributed by atoms with Crippen LogP contribution in [0.2, 0.25) is 0 Å². The van der Waals surface area contributed by atoms with Gasteiger partial charge in [-0.2, -0.15) is 5.10 Å². The van der Waals surface area contributed by atoms with Crippen molar-refractivity contribution in [3.8, 4) is 5.69 Å². The van der Waals surface area contributed by atoms with Crippen LogP contribution in [0.4, 0.5) is 0 Å². The Morgan fingerprint density at radius 3 is 2.73 bits per heavy atom. The highest BCUT2D eigenvalue weighted by atomic mass is 32.1. The van der Waals surface area contributed by atoms with Crippen molar-refractivity contribution in [1.82, 2.24) is 25.9 Å². The summed E-state index contributed by atoms with van der Waals surface area (Å²) >= 11 is 5.32. The van der Waals surface area contributed by atoms with Gasteiger partial charge < -0.3 is 5.32 Å². The van der Waals surface area contributed by atoms with Crippen LogP contribution in [0.3, 0.4) is 0 Å². The average molecular weight is 372 g/mol. The molecule has 0 saturated heterocycles. The van der Waals surface area contributed by atoms with E-state index in [1.807, 2.05) is 30.3 Å². The Morgan fingerprint density at radius 2 is 1.96 bits per heavy atom. The van der Waals surface area contributed by atoms with Crippen molar-refractivity contribution in [2.45, 2.75) is 39.2 Å². The lowest BCUT2D eigenvalue weighted by atomic mass is 9.78. The molecule has 0 radical (unpaired) electrons. The Kier molecular flexibility index (Phi) is 5.88. The van der Waals surface area contributed by atoms with Crippen LogP contribution in [0.1, 0.15) is 43.5 Å². The van der Waals surface area contributed by atoms with E-state index in [1.54, 1.807) is 10.9 Å². The zero-order valence-corrected chi connectivity index (χ0v) is 15.9. The van der Waals surface area contributed by atoms with Crippen molar-refractivity contribution in [2.24, 2.45) is 11.8 Å². The van der Waals surface area contributed by atoms with Crippen molar-refractivity contribution < 1.29 is 4.79 Å². The number of carbonyl (C=O) groups is 1. The summed E-state index contributed by atoms with van der Waals surface area (Å²) in [5.74, 6) is 0.965. The summed E-state index contributed by atoms with van der Waals surface area (Å²) in [5.41, 5.74) is 6.79. The summed E-state index contributed by atoms with van der Waals surface area (Å²) in [6.07, 6.45) is 6.79. The monoisotopic (exact) mass is 371 g/mol. The van der Waals surface area contributed by atoms with E-state index in [1.165, 1.54) is 19.0 Å². The topological polar surface area (TPSA) is 71.0 Å². The number of para-hydroxylation sites is 1. The van der Waals surface area contributed by atoms with Crippen molar-refractivity contribution >= 4 is 23.2 Å². The van der Waals surface area contributed by atoms with Crippen LogP contribution in [-0.2, 0) is 0 Å². The summed E-state index contributed by atoms with van der Waals surface area (Å²) in [7, 11) is 0. The lowest BCUT2D eigenvalue weighted by molar-refractivity contribution is 0.0943. The number of hydrogen-bond donors (Lipinski definition) is 3. The third-order valence-corrected chi connectivity index (χ3v) is 5.40. The number of carbonyl (C=O) groups excluding carboxylic acids is 1.